The van der Waals surface area contributed by atoms with Crippen molar-refractivity contribution in [3.05, 3.63) is 182 Å². The Morgan fingerprint density at radius 2 is 1.02 bits per heavy atom. The van der Waals surface area contributed by atoms with E-state index >= 15 is 0 Å². The summed E-state index contributed by atoms with van der Waals surface area (Å²) in [6.07, 6.45) is 0. The Morgan fingerprint density at radius 3 is 1.90 bits per heavy atom. The highest BCUT2D eigenvalue weighted by atomic mass is 32.1. The molecule has 0 bridgehead atoms. The number of thiophene rings is 1. The minimum Gasteiger partial charge on any atom is -0.308 e. The van der Waals surface area contributed by atoms with Crippen LogP contribution in [0.5, 0.6) is 0 Å². The van der Waals surface area contributed by atoms with Crippen LogP contribution in [0.2, 0.25) is 0 Å². The van der Waals surface area contributed by atoms with Crippen molar-refractivity contribution in [3.8, 4) is 45.0 Å². The minimum atomic E-state index is 0.830. The Morgan fingerprint density at radius 1 is 0.390 bits per heavy atom. The molecule has 13 aromatic rings. The molecule has 59 heavy (non-hydrogen) atoms. The molecule has 0 spiro atoms. The van der Waals surface area contributed by atoms with E-state index in [0.717, 1.165) is 43.8 Å². The second-order valence-electron chi connectivity index (χ2n) is 15.7. The highest BCUT2D eigenvalue weighted by Crippen LogP contribution is 2.48. The molecule has 0 fully saturated rings. The summed E-state index contributed by atoms with van der Waals surface area (Å²) >= 11 is 1.71. The van der Waals surface area contributed by atoms with Crippen LogP contribution in [0.1, 0.15) is 0 Å². The van der Waals surface area contributed by atoms with Gasteiger partial charge in [0.05, 0.1) is 27.8 Å². The lowest BCUT2D eigenvalue weighted by Crippen LogP contribution is -2.03. The molecule has 0 amide bonds. The van der Waals surface area contributed by atoms with Crippen LogP contribution in [0.4, 0.5) is 0 Å². The number of para-hydroxylation sites is 3. The maximum absolute atomic E-state index is 5.69. The number of benzene rings is 9. The van der Waals surface area contributed by atoms with Gasteiger partial charge in [-0.1, -0.05) is 146 Å². The van der Waals surface area contributed by atoms with Crippen LogP contribution in [-0.2, 0) is 0 Å². The van der Waals surface area contributed by atoms with Gasteiger partial charge in [-0.25, -0.2) is 9.97 Å². The fourth-order valence-electron chi connectivity index (χ4n) is 10.1. The molecular weight excluding hydrogens is 737 g/mol. The Hall–Kier alpha value is -7.60. The predicted molar refractivity (Wildman–Crippen MR) is 248 cm³/mol. The average Bonchev–Trinajstić information content (AvgIpc) is 3.91. The molecule has 0 atom stereocenters. The Bertz CT molecular complexity index is 3980. The molecule has 0 saturated heterocycles. The number of nitrogens with zero attached hydrogens (tertiary/aromatic N) is 4. The molecule has 4 aromatic heterocycles. The van der Waals surface area contributed by atoms with Gasteiger partial charge in [0.1, 0.15) is 16.0 Å². The lowest BCUT2D eigenvalue weighted by molar-refractivity contribution is 1.09. The van der Waals surface area contributed by atoms with Gasteiger partial charge in [-0.2, -0.15) is 0 Å². The number of aromatic nitrogens is 4. The van der Waals surface area contributed by atoms with Crippen LogP contribution < -0.4 is 0 Å². The first-order chi connectivity index (χ1) is 29.3. The summed E-state index contributed by atoms with van der Waals surface area (Å²) in [6, 6.07) is 66.5. The van der Waals surface area contributed by atoms with E-state index in [4.69, 9.17) is 9.97 Å². The van der Waals surface area contributed by atoms with E-state index in [2.05, 4.69) is 191 Å². The summed E-state index contributed by atoms with van der Waals surface area (Å²) in [5.41, 5.74) is 13.7. The lowest BCUT2D eigenvalue weighted by atomic mass is 9.94. The van der Waals surface area contributed by atoms with Crippen LogP contribution in [0.15, 0.2) is 182 Å². The van der Waals surface area contributed by atoms with Gasteiger partial charge in [0.25, 0.3) is 0 Å². The van der Waals surface area contributed by atoms with E-state index < -0.39 is 0 Å². The number of hydrogen-bond acceptors (Lipinski definition) is 3. The number of hydrogen-bond donors (Lipinski definition) is 0. The fraction of sp³-hybridized carbons (Fsp3) is 0. The van der Waals surface area contributed by atoms with Gasteiger partial charge in [0.2, 0.25) is 0 Å². The summed E-state index contributed by atoms with van der Waals surface area (Å²) in [7, 11) is 0. The summed E-state index contributed by atoms with van der Waals surface area (Å²) in [4.78, 5) is 12.2. The highest BCUT2D eigenvalue weighted by Gasteiger charge is 2.27. The molecule has 5 heterocycles. The molecular formula is C54H30N4S. The largest absolute Gasteiger partial charge is 0.308 e. The standard InChI is InChI=1S/C54H30N4S/c1-2-13-34-31(12-1)24-25-32-26-27-33(28-42(32)34)50-53(55-51-41-18-7-10-23-49(41)59-54(51)56-50)58-46-22-9-6-17-38(46)43-29-47-44(30-48(43)58)40-20-11-19-39-36-15-4-3-14-35(36)37-16-5-8-21-45(37)57(47)52(39)40/h1-30H. The van der Waals surface area contributed by atoms with Crippen molar-refractivity contribution < 1.29 is 0 Å². The van der Waals surface area contributed by atoms with Gasteiger partial charge >= 0.3 is 0 Å². The first kappa shape index (κ1) is 31.5. The van der Waals surface area contributed by atoms with Crippen LogP contribution in [0.3, 0.4) is 0 Å². The highest BCUT2D eigenvalue weighted by molar-refractivity contribution is 7.25. The Kier molecular flexibility index (Phi) is 6.14. The van der Waals surface area contributed by atoms with Gasteiger partial charge in [0.15, 0.2) is 5.82 Å². The molecule has 4 nitrogen and oxygen atoms in total. The van der Waals surface area contributed by atoms with E-state index in [1.807, 2.05) is 0 Å². The fourth-order valence-corrected chi connectivity index (χ4v) is 11.1. The van der Waals surface area contributed by atoms with E-state index in [1.54, 1.807) is 11.3 Å². The van der Waals surface area contributed by atoms with Gasteiger partial charge in [-0.3, -0.25) is 4.57 Å². The van der Waals surface area contributed by atoms with E-state index in [0.29, 0.717) is 0 Å². The SMILES string of the molecule is c1ccc2c(c1)-c1ccccc1-n1c3cc4c5ccccc5n(-c5nc6c(nc5-c5ccc7ccc8ccccc8c7c5)sc5ccccc56)c4cc3c3cccc-2c31. The third kappa shape index (κ3) is 4.21. The van der Waals surface area contributed by atoms with Crippen molar-refractivity contribution in [1.29, 1.82) is 0 Å². The summed E-state index contributed by atoms with van der Waals surface area (Å²) in [5, 5.41) is 10.8. The second kappa shape index (κ2) is 11.5. The van der Waals surface area contributed by atoms with Gasteiger partial charge in [-0.05, 0) is 69.1 Å². The second-order valence-corrected chi connectivity index (χ2v) is 16.7. The molecule has 1 aliphatic heterocycles. The number of rotatable bonds is 2. The van der Waals surface area contributed by atoms with Gasteiger partial charge in [0, 0.05) is 48.3 Å². The monoisotopic (exact) mass is 766 g/mol. The lowest BCUT2D eigenvalue weighted by Gasteiger charge is -2.14. The topological polar surface area (TPSA) is 35.6 Å². The third-order valence-corrected chi connectivity index (χ3v) is 13.7. The van der Waals surface area contributed by atoms with Crippen molar-refractivity contribution >= 4 is 96.9 Å². The first-order valence-electron chi connectivity index (χ1n) is 20.1. The molecule has 0 aliphatic carbocycles. The van der Waals surface area contributed by atoms with E-state index in [9.17, 15) is 0 Å². The normalized spacial score (nSPS) is 12.4. The summed E-state index contributed by atoms with van der Waals surface area (Å²) < 4.78 is 6.08. The van der Waals surface area contributed by atoms with Gasteiger partial charge in [-0.15, -0.1) is 11.3 Å². The molecule has 0 unspecified atom stereocenters. The molecule has 272 valence electrons. The summed E-state index contributed by atoms with van der Waals surface area (Å²) in [5.74, 6) is 0.830. The van der Waals surface area contributed by atoms with Gasteiger partial charge < -0.3 is 4.57 Å². The maximum atomic E-state index is 5.69. The van der Waals surface area contributed by atoms with Crippen LogP contribution >= 0.6 is 11.3 Å². The van der Waals surface area contributed by atoms with Crippen LogP contribution in [0.25, 0.3) is 131 Å². The Labute approximate surface area is 341 Å². The zero-order valence-corrected chi connectivity index (χ0v) is 32.3. The number of fused-ring (bicyclic) bond motifs is 17. The van der Waals surface area contributed by atoms with E-state index in [1.165, 1.54) is 86.8 Å². The average molecular weight is 767 g/mol. The third-order valence-electron chi connectivity index (χ3n) is 12.7. The first-order valence-corrected chi connectivity index (χ1v) is 20.9. The van der Waals surface area contributed by atoms with Crippen molar-refractivity contribution in [2.24, 2.45) is 0 Å². The molecule has 0 N–H and O–H groups in total. The molecule has 9 aromatic carbocycles. The van der Waals surface area contributed by atoms with Crippen molar-refractivity contribution in [1.82, 2.24) is 19.1 Å². The maximum Gasteiger partial charge on any atom is 0.165 e. The predicted octanol–water partition coefficient (Wildman–Crippen LogP) is 14.7. The smallest absolute Gasteiger partial charge is 0.165 e. The molecule has 1 aliphatic rings. The molecule has 0 saturated carbocycles. The zero-order valence-electron chi connectivity index (χ0n) is 31.5. The van der Waals surface area contributed by atoms with Crippen molar-refractivity contribution in [3.63, 3.8) is 0 Å². The quantitative estimate of drug-likeness (QED) is 0.164. The van der Waals surface area contributed by atoms with Crippen molar-refractivity contribution in [2.75, 3.05) is 0 Å². The van der Waals surface area contributed by atoms with Crippen LogP contribution in [-0.4, -0.2) is 19.1 Å². The molecule has 14 rings (SSSR count). The Balaban J connectivity index is 1.13. The molecule has 5 heteroatoms. The zero-order chi connectivity index (χ0) is 38.3. The van der Waals surface area contributed by atoms with Crippen LogP contribution in [0, 0.1) is 0 Å². The van der Waals surface area contributed by atoms with Crippen molar-refractivity contribution in [2.45, 2.75) is 0 Å². The van der Waals surface area contributed by atoms with E-state index in [-0.39, 0.29) is 0 Å². The minimum absolute atomic E-state index is 0.830. The summed E-state index contributed by atoms with van der Waals surface area (Å²) in [6.45, 7) is 0. The molecule has 0 radical (unpaired) electrons.